The van der Waals surface area contributed by atoms with Gasteiger partial charge in [0.2, 0.25) is 5.91 Å². The van der Waals surface area contributed by atoms with E-state index in [9.17, 15) is 18.7 Å². The summed E-state index contributed by atoms with van der Waals surface area (Å²) in [5.41, 5.74) is -0.127. The van der Waals surface area contributed by atoms with Crippen LogP contribution in [0.25, 0.3) is 0 Å². The molecule has 36 heavy (non-hydrogen) atoms. The largest absolute Gasteiger partial charge is 0.384 e. The summed E-state index contributed by atoms with van der Waals surface area (Å²) in [4.78, 5) is 22.1. The Balaban J connectivity index is 0.00000228. The first-order valence-electron chi connectivity index (χ1n) is 12.0. The first-order valence-corrected chi connectivity index (χ1v) is 12.0. The molecule has 0 bridgehead atoms. The summed E-state index contributed by atoms with van der Waals surface area (Å²) < 4.78 is 28.4. The van der Waals surface area contributed by atoms with E-state index in [1.54, 1.807) is 12.4 Å². The number of rotatable bonds is 3. The van der Waals surface area contributed by atoms with Gasteiger partial charge in [-0.25, -0.2) is 8.78 Å². The molecule has 2 fully saturated rings. The van der Waals surface area contributed by atoms with E-state index in [4.69, 9.17) is 0 Å². The van der Waals surface area contributed by atoms with Crippen LogP contribution in [-0.4, -0.2) is 57.5 Å². The molecule has 1 aromatic carbocycles. The Morgan fingerprint density at radius 2 is 1.69 bits per heavy atom. The summed E-state index contributed by atoms with van der Waals surface area (Å²) in [6.45, 7) is 12.0. The highest BCUT2D eigenvalue weighted by atomic mass is 35.5. The van der Waals surface area contributed by atoms with Crippen molar-refractivity contribution in [3.8, 4) is 0 Å². The van der Waals surface area contributed by atoms with Gasteiger partial charge in [-0.05, 0) is 38.5 Å². The Labute approximate surface area is 225 Å². The van der Waals surface area contributed by atoms with Gasteiger partial charge in [-0.1, -0.05) is 26.0 Å². The quantitative estimate of drug-likeness (QED) is 0.590. The number of nitrogens with zero attached hydrogens (tertiary/aromatic N) is 3. The third kappa shape index (κ3) is 5.54. The van der Waals surface area contributed by atoms with Crippen LogP contribution in [0.4, 0.5) is 8.78 Å². The third-order valence-corrected chi connectivity index (χ3v) is 7.87. The zero-order valence-corrected chi connectivity index (χ0v) is 23.1. The minimum Gasteiger partial charge on any atom is -0.384 e. The average molecular weight is 545 g/mol. The van der Waals surface area contributed by atoms with Gasteiger partial charge < -0.3 is 10.0 Å². The maximum Gasteiger partial charge on any atom is 0.227 e. The van der Waals surface area contributed by atoms with Crippen molar-refractivity contribution in [2.45, 2.75) is 51.7 Å². The van der Waals surface area contributed by atoms with Gasteiger partial charge in [-0.2, -0.15) is 0 Å². The standard InChI is InChI=1S/C27H35F2N3O2.2ClH/c1-17-13-31(14-18(2)27(17,34)19-7-6-10-30-12-19)25(33)23-16-32(26(3,4)5)15-22(23)21-9-8-20(28)11-24(21)29;;/h6-12,17-18,22-23,34H,13-16H2,1-5H3;2*1H/t17-,18+,22-,23+,27?;;/m0../s1. The summed E-state index contributed by atoms with van der Waals surface area (Å²) >= 11 is 0. The topological polar surface area (TPSA) is 56.7 Å². The highest BCUT2D eigenvalue weighted by molar-refractivity contribution is 5.85. The first-order chi connectivity index (χ1) is 15.9. The van der Waals surface area contributed by atoms with Crippen LogP contribution in [0.1, 0.15) is 51.7 Å². The lowest BCUT2D eigenvalue weighted by atomic mass is 9.71. The van der Waals surface area contributed by atoms with Gasteiger partial charge in [0.1, 0.15) is 11.6 Å². The number of likely N-dealkylation sites (tertiary alicyclic amines) is 2. The summed E-state index contributed by atoms with van der Waals surface area (Å²) in [5.74, 6) is -2.48. The smallest absolute Gasteiger partial charge is 0.227 e. The summed E-state index contributed by atoms with van der Waals surface area (Å²) in [6, 6.07) is 7.33. The predicted molar refractivity (Wildman–Crippen MR) is 141 cm³/mol. The Morgan fingerprint density at radius 1 is 1.06 bits per heavy atom. The SMILES string of the molecule is C[C@@H]1CN(C(=O)[C@@H]2CN(C(C)(C)C)C[C@H]2c2ccc(F)cc2F)C[C@H](C)C1(O)c1cccnc1.Cl.Cl. The lowest BCUT2D eigenvalue weighted by Gasteiger charge is -2.48. The second-order valence-electron chi connectivity index (χ2n) is 11.1. The first kappa shape index (κ1) is 30.4. The molecule has 1 aromatic heterocycles. The predicted octanol–water partition coefficient (Wildman–Crippen LogP) is 5.02. The van der Waals surface area contributed by atoms with Crippen molar-refractivity contribution >= 4 is 30.7 Å². The zero-order valence-electron chi connectivity index (χ0n) is 21.4. The second-order valence-corrected chi connectivity index (χ2v) is 11.1. The molecule has 2 aromatic rings. The van der Waals surface area contributed by atoms with Crippen LogP contribution in [0.15, 0.2) is 42.7 Å². The lowest BCUT2D eigenvalue weighted by molar-refractivity contribution is -0.152. The summed E-state index contributed by atoms with van der Waals surface area (Å²) in [7, 11) is 0. The van der Waals surface area contributed by atoms with Crippen molar-refractivity contribution in [2.75, 3.05) is 26.2 Å². The number of hydrogen-bond donors (Lipinski definition) is 1. The van der Waals surface area contributed by atoms with Crippen molar-refractivity contribution in [3.63, 3.8) is 0 Å². The van der Waals surface area contributed by atoms with E-state index in [2.05, 4.69) is 30.7 Å². The molecule has 0 aliphatic carbocycles. The van der Waals surface area contributed by atoms with E-state index >= 15 is 0 Å². The fraction of sp³-hybridized carbons (Fsp3) is 0.556. The molecular weight excluding hydrogens is 507 g/mol. The van der Waals surface area contributed by atoms with Crippen LogP contribution in [0.3, 0.4) is 0 Å². The van der Waals surface area contributed by atoms with Crippen molar-refractivity contribution in [1.29, 1.82) is 0 Å². The molecule has 9 heteroatoms. The minimum absolute atomic E-state index is 0. The number of carbonyl (C=O) groups excluding carboxylic acids is 1. The van der Waals surface area contributed by atoms with Gasteiger partial charge in [-0.3, -0.25) is 14.7 Å². The highest BCUT2D eigenvalue weighted by Gasteiger charge is 2.50. The number of benzene rings is 1. The van der Waals surface area contributed by atoms with Crippen molar-refractivity contribution in [2.24, 2.45) is 17.8 Å². The van der Waals surface area contributed by atoms with Crippen LogP contribution < -0.4 is 0 Å². The Kier molecular flexibility index (Phi) is 9.55. The molecule has 0 saturated carbocycles. The molecular formula is C27H37Cl2F2N3O2. The fourth-order valence-electron chi connectivity index (χ4n) is 5.80. The van der Waals surface area contributed by atoms with Crippen molar-refractivity contribution in [1.82, 2.24) is 14.8 Å². The molecule has 2 aliphatic heterocycles. The molecule has 3 heterocycles. The van der Waals surface area contributed by atoms with Gasteiger partial charge in [0.25, 0.3) is 0 Å². The van der Waals surface area contributed by atoms with Crippen LogP contribution in [0, 0.1) is 29.4 Å². The number of aromatic nitrogens is 1. The van der Waals surface area contributed by atoms with Gasteiger partial charge in [0.05, 0.1) is 11.5 Å². The summed E-state index contributed by atoms with van der Waals surface area (Å²) in [5, 5.41) is 11.6. The van der Waals surface area contributed by atoms with Crippen molar-refractivity contribution in [3.05, 3.63) is 65.5 Å². The molecule has 5 atom stereocenters. The van der Waals surface area contributed by atoms with E-state index in [-0.39, 0.29) is 54.0 Å². The van der Waals surface area contributed by atoms with Crippen molar-refractivity contribution < 1.29 is 18.7 Å². The van der Waals surface area contributed by atoms with Crippen LogP contribution in [0.5, 0.6) is 0 Å². The molecule has 5 nitrogen and oxygen atoms in total. The summed E-state index contributed by atoms with van der Waals surface area (Å²) in [6.07, 6.45) is 3.37. The lowest BCUT2D eigenvalue weighted by Crippen LogP contribution is -2.57. The molecule has 1 amide bonds. The van der Waals surface area contributed by atoms with Gasteiger partial charge in [0.15, 0.2) is 0 Å². The average Bonchev–Trinajstić information content (AvgIpc) is 3.23. The van der Waals surface area contributed by atoms with E-state index in [1.165, 1.54) is 12.1 Å². The maximum absolute atomic E-state index is 14.8. The monoisotopic (exact) mass is 543 g/mol. The van der Waals surface area contributed by atoms with E-state index in [0.29, 0.717) is 31.7 Å². The molecule has 200 valence electrons. The maximum atomic E-state index is 14.8. The number of carbonyl (C=O) groups is 1. The van der Waals surface area contributed by atoms with Crippen LogP contribution in [0.2, 0.25) is 0 Å². The van der Waals surface area contributed by atoms with Gasteiger partial charge in [0, 0.05) is 73.5 Å². The normalized spacial score (nSPS) is 28.8. The van der Waals surface area contributed by atoms with E-state index in [1.807, 2.05) is 30.9 Å². The number of aliphatic hydroxyl groups is 1. The van der Waals surface area contributed by atoms with Crippen LogP contribution in [-0.2, 0) is 10.4 Å². The van der Waals surface area contributed by atoms with Gasteiger partial charge in [-0.15, -0.1) is 24.8 Å². The number of hydrogen-bond acceptors (Lipinski definition) is 4. The number of halogens is 4. The van der Waals surface area contributed by atoms with E-state index in [0.717, 1.165) is 11.6 Å². The number of piperidine rings is 1. The molecule has 1 unspecified atom stereocenters. The fourth-order valence-corrected chi connectivity index (χ4v) is 5.80. The second kappa shape index (κ2) is 11.3. The highest BCUT2D eigenvalue weighted by Crippen LogP contribution is 2.43. The third-order valence-electron chi connectivity index (χ3n) is 7.87. The van der Waals surface area contributed by atoms with Crippen LogP contribution >= 0.6 is 24.8 Å². The Hall–Kier alpha value is -1.80. The number of amides is 1. The molecule has 0 spiro atoms. The molecule has 2 aliphatic rings. The molecule has 0 radical (unpaired) electrons. The number of pyridine rings is 1. The van der Waals surface area contributed by atoms with Gasteiger partial charge >= 0.3 is 0 Å². The minimum atomic E-state index is -1.08. The zero-order chi connectivity index (χ0) is 24.8. The van der Waals surface area contributed by atoms with E-state index < -0.39 is 23.2 Å². The Morgan fingerprint density at radius 3 is 2.22 bits per heavy atom. The molecule has 1 N–H and O–H groups in total. The molecule has 2 saturated heterocycles. The molecule has 4 rings (SSSR count). The Bertz CT molecular complexity index is 1040.